The van der Waals surface area contributed by atoms with E-state index in [1.165, 1.54) is 87.1 Å². The minimum atomic E-state index is -0.171. The van der Waals surface area contributed by atoms with Crippen LogP contribution in [0.1, 0.15) is 79.0 Å². The molecule has 0 radical (unpaired) electrons. The van der Waals surface area contributed by atoms with Crippen molar-refractivity contribution in [1.29, 1.82) is 0 Å². The van der Waals surface area contributed by atoms with Crippen LogP contribution in [0.25, 0.3) is 64.4 Å². The Hall–Kier alpha value is -6.56. The Morgan fingerprint density at radius 3 is 1.88 bits per heavy atom. The van der Waals surface area contributed by atoms with Gasteiger partial charge in [-0.1, -0.05) is 172 Å². The standard InChI is InChI=1S/C60H53BN2OS/c1-58(2,3)37-23-27-40(28-24-37)63-49-34-39(60(7,8)9)25-29-44(49)53-54-50(35-46-42-20-14-16-22-52(42)65-57(46)53)62(48-32-26-38(59(4,5)6)33-45(48)36-17-11-10-12-18-36)55-47(61(54)63)31-30-43-41-19-13-15-21-51(41)64-56(43)55/h10-35H,1-9H3. The topological polar surface area (TPSA) is 19.6 Å². The van der Waals surface area contributed by atoms with E-state index in [4.69, 9.17) is 4.42 Å². The predicted molar refractivity (Wildman–Crippen MR) is 282 cm³/mol. The highest BCUT2D eigenvalue weighted by atomic mass is 32.1. The van der Waals surface area contributed by atoms with Crippen molar-refractivity contribution < 1.29 is 4.42 Å². The molecule has 12 rings (SSSR count). The van der Waals surface area contributed by atoms with E-state index < -0.39 is 0 Å². The van der Waals surface area contributed by atoms with Gasteiger partial charge in [0, 0.05) is 64.7 Å². The smallest absolute Gasteiger partial charge is 0.333 e. The van der Waals surface area contributed by atoms with Gasteiger partial charge in [0.15, 0.2) is 5.58 Å². The minimum absolute atomic E-state index is 0.0220. The number of rotatable bonds is 3. The number of fused-ring (bicyclic) bond motifs is 12. The maximum Gasteiger partial charge on any atom is 0.333 e. The largest absolute Gasteiger partial charge is 0.454 e. The highest BCUT2D eigenvalue weighted by Crippen LogP contribution is 2.55. The van der Waals surface area contributed by atoms with E-state index in [2.05, 4.69) is 230 Å². The number of nitrogens with zero attached hydrogens (tertiary/aromatic N) is 2. The second kappa shape index (κ2) is 14.0. The van der Waals surface area contributed by atoms with Gasteiger partial charge < -0.3 is 14.1 Å². The molecule has 4 heterocycles. The fourth-order valence-corrected chi connectivity index (χ4v) is 11.9. The number of hydrogen-bond donors (Lipinski definition) is 0. The lowest BCUT2D eigenvalue weighted by Crippen LogP contribution is -2.61. The Morgan fingerprint density at radius 2 is 1.14 bits per heavy atom. The fourth-order valence-electron chi connectivity index (χ4n) is 10.6. The Bertz CT molecular complexity index is 3560. The quantitative estimate of drug-likeness (QED) is 0.165. The van der Waals surface area contributed by atoms with Crippen LogP contribution in [-0.2, 0) is 16.2 Å². The Morgan fingerprint density at radius 1 is 0.492 bits per heavy atom. The van der Waals surface area contributed by atoms with E-state index in [9.17, 15) is 0 Å². The number of anilines is 5. The minimum Gasteiger partial charge on any atom is -0.454 e. The number of benzene rings is 8. The van der Waals surface area contributed by atoms with Gasteiger partial charge in [0.2, 0.25) is 0 Å². The molecule has 0 amide bonds. The summed E-state index contributed by atoms with van der Waals surface area (Å²) in [4.78, 5) is 5.25. The van der Waals surface area contributed by atoms with Gasteiger partial charge in [0.05, 0.1) is 11.4 Å². The van der Waals surface area contributed by atoms with Gasteiger partial charge in [-0.15, -0.1) is 11.3 Å². The Kier molecular flexibility index (Phi) is 8.60. The van der Waals surface area contributed by atoms with Crippen LogP contribution in [0.5, 0.6) is 0 Å². The van der Waals surface area contributed by atoms with Gasteiger partial charge in [0.25, 0.3) is 0 Å². The van der Waals surface area contributed by atoms with Crippen molar-refractivity contribution in [3.63, 3.8) is 0 Å². The van der Waals surface area contributed by atoms with Crippen molar-refractivity contribution in [2.75, 3.05) is 9.71 Å². The lowest BCUT2D eigenvalue weighted by Gasteiger charge is -2.46. The summed E-state index contributed by atoms with van der Waals surface area (Å²) < 4.78 is 9.83. The second-order valence-corrected chi connectivity index (χ2v) is 22.4. The maximum atomic E-state index is 7.19. The van der Waals surface area contributed by atoms with Crippen LogP contribution in [-0.4, -0.2) is 6.85 Å². The summed E-state index contributed by atoms with van der Waals surface area (Å²) in [5.74, 6) is 0. The molecule has 0 saturated carbocycles. The predicted octanol–water partition coefficient (Wildman–Crippen LogP) is 16.2. The van der Waals surface area contributed by atoms with E-state index in [-0.39, 0.29) is 23.1 Å². The molecule has 2 aliphatic rings. The van der Waals surface area contributed by atoms with Gasteiger partial charge in [-0.25, -0.2) is 0 Å². The SMILES string of the molecule is CC(C)(C)c1ccc(N2B3c4ccc5c(oc6ccccc65)c4N(c4ccc(C(C)(C)C)cc4-c4ccccc4)c4cc5c(sc6ccccc65)c(c43)-c3ccc(C(C)(C)C)cc32)cc1. The first kappa shape index (κ1) is 40.0. The molecule has 2 aliphatic heterocycles. The number of furan rings is 1. The van der Waals surface area contributed by atoms with Crippen molar-refractivity contribution in [3.8, 4) is 22.3 Å². The summed E-state index contributed by atoms with van der Waals surface area (Å²) in [7, 11) is 0. The van der Waals surface area contributed by atoms with Gasteiger partial charge >= 0.3 is 6.85 Å². The lowest BCUT2D eigenvalue weighted by molar-refractivity contribution is 0.590. The molecule has 10 aromatic rings. The van der Waals surface area contributed by atoms with Crippen molar-refractivity contribution in [3.05, 3.63) is 174 Å². The van der Waals surface area contributed by atoms with Crippen LogP contribution < -0.4 is 20.6 Å². The zero-order chi connectivity index (χ0) is 44.7. The lowest BCUT2D eigenvalue weighted by atomic mass is 9.43. The first-order valence-corrected chi connectivity index (χ1v) is 23.9. The van der Waals surface area contributed by atoms with Crippen molar-refractivity contribution in [2.24, 2.45) is 0 Å². The van der Waals surface area contributed by atoms with E-state index in [0.717, 1.165) is 33.3 Å². The molecule has 65 heavy (non-hydrogen) atoms. The molecule has 0 unspecified atom stereocenters. The zero-order valence-electron chi connectivity index (χ0n) is 38.8. The Labute approximate surface area is 387 Å². The molecule has 5 heteroatoms. The molecule has 0 N–H and O–H groups in total. The number of thiophene rings is 1. The molecule has 0 saturated heterocycles. The second-order valence-electron chi connectivity index (χ2n) is 21.4. The summed E-state index contributed by atoms with van der Waals surface area (Å²) in [6.07, 6.45) is 0. The molecule has 0 aliphatic carbocycles. The van der Waals surface area contributed by atoms with Gasteiger partial charge in [-0.05, 0) is 98.0 Å². The third-order valence-corrected chi connectivity index (χ3v) is 15.3. The van der Waals surface area contributed by atoms with Crippen molar-refractivity contribution in [1.82, 2.24) is 0 Å². The molecular formula is C60H53BN2OS. The molecule has 8 aromatic carbocycles. The third kappa shape index (κ3) is 6.08. The van der Waals surface area contributed by atoms with E-state index in [1.807, 2.05) is 11.3 Å². The van der Waals surface area contributed by atoms with Crippen LogP contribution in [0.4, 0.5) is 28.4 Å². The average molecular weight is 861 g/mol. The highest BCUT2D eigenvalue weighted by Gasteiger charge is 2.48. The summed E-state index contributed by atoms with van der Waals surface area (Å²) >= 11 is 1.93. The molecule has 0 bridgehead atoms. The zero-order valence-corrected chi connectivity index (χ0v) is 39.6. The molecule has 0 fully saturated rings. The van der Waals surface area contributed by atoms with Crippen LogP contribution in [0, 0.1) is 0 Å². The maximum absolute atomic E-state index is 7.19. The van der Waals surface area contributed by atoms with E-state index >= 15 is 0 Å². The van der Waals surface area contributed by atoms with Crippen LogP contribution in [0.15, 0.2) is 162 Å². The monoisotopic (exact) mass is 860 g/mol. The molecule has 3 nitrogen and oxygen atoms in total. The molecule has 0 spiro atoms. The summed E-state index contributed by atoms with van der Waals surface area (Å²) in [6, 6.07) is 59.6. The van der Waals surface area contributed by atoms with Gasteiger partial charge in [0.1, 0.15) is 5.58 Å². The highest BCUT2D eigenvalue weighted by molar-refractivity contribution is 7.26. The van der Waals surface area contributed by atoms with E-state index in [1.54, 1.807) is 0 Å². The summed E-state index contributed by atoms with van der Waals surface area (Å²) in [5.41, 5.74) is 19.0. The first-order valence-electron chi connectivity index (χ1n) is 23.1. The van der Waals surface area contributed by atoms with Gasteiger partial charge in [-0.3, -0.25) is 0 Å². The number of hydrogen-bond acceptors (Lipinski definition) is 4. The summed E-state index contributed by atoms with van der Waals surface area (Å²) in [5, 5.41) is 4.82. The van der Waals surface area contributed by atoms with Crippen LogP contribution >= 0.6 is 11.3 Å². The van der Waals surface area contributed by atoms with Crippen LogP contribution in [0.3, 0.4) is 0 Å². The molecule has 0 atom stereocenters. The molecule has 318 valence electrons. The van der Waals surface area contributed by atoms with Gasteiger partial charge in [-0.2, -0.15) is 0 Å². The Balaban J connectivity index is 1.28. The third-order valence-electron chi connectivity index (χ3n) is 14.1. The van der Waals surface area contributed by atoms with Crippen molar-refractivity contribution in [2.45, 2.75) is 78.6 Å². The normalized spacial score (nSPS) is 13.8. The summed E-state index contributed by atoms with van der Waals surface area (Å²) in [6.45, 7) is 20.7. The fraction of sp³-hybridized carbons (Fsp3) is 0.200. The first-order chi connectivity index (χ1) is 31.1. The van der Waals surface area contributed by atoms with Crippen molar-refractivity contribution >= 4 is 99.7 Å². The average Bonchev–Trinajstić information content (AvgIpc) is 3.86. The van der Waals surface area contributed by atoms with Crippen LogP contribution in [0.2, 0.25) is 0 Å². The molecule has 2 aromatic heterocycles. The number of para-hydroxylation sites is 1. The van der Waals surface area contributed by atoms with E-state index in [0.29, 0.717) is 0 Å². The molecular weight excluding hydrogens is 808 g/mol.